The summed E-state index contributed by atoms with van der Waals surface area (Å²) >= 11 is 1.39. The third kappa shape index (κ3) is 5.06. The SMILES string of the molecule is CC(=O)N[C@H]1[C@@H](O)[C@H](O)[C@@H](CO)O[C@@H]1SCC=Cc1ccccc1. The minimum atomic E-state index is -1.25. The lowest BCUT2D eigenvalue weighted by Crippen LogP contribution is -2.63. The highest BCUT2D eigenvalue weighted by Gasteiger charge is 2.44. The Bertz CT molecular complexity index is 553. The molecule has 1 aliphatic heterocycles. The van der Waals surface area contributed by atoms with Gasteiger partial charge in [-0.15, -0.1) is 11.8 Å². The molecule has 1 aromatic rings. The molecule has 7 heteroatoms. The van der Waals surface area contributed by atoms with E-state index in [9.17, 15) is 20.1 Å². The first-order valence-corrected chi connectivity index (χ1v) is 8.80. The highest BCUT2D eigenvalue weighted by molar-refractivity contribution is 7.99. The fourth-order valence-corrected chi connectivity index (χ4v) is 3.57. The standard InChI is InChI=1S/C17H23NO5S/c1-11(20)18-14-16(22)15(21)13(10-19)23-17(14)24-9-5-8-12-6-3-2-4-7-12/h2-8,13-17,19,21-22H,9-10H2,1H3,(H,18,20)/t13-,14+,15-,16-,17-/m1/s1. The molecule has 0 aromatic heterocycles. The van der Waals surface area contributed by atoms with E-state index in [1.165, 1.54) is 18.7 Å². The predicted octanol–water partition coefficient (Wildman–Crippen LogP) is 0.377. The molecule has 1 amide bonds. The van der Waals surface area contributed by atoms with Crippen LogP contribution in [-0.2, 0) is 9.53 Å². The number of ether oxygens (including phenoxy) is 1. The Morgan fingerprint density at radius 2 is 2.00 bits per heavy atom. The van der Waals surface area contributed by atoms with E-state index in [1.807, 2.05) is 42.5 Å². The zero-order valence-corrected chi connectivity index (χ0v) is 14.2. The Labute approximate surface area is 145 Å². The van der Waals surface area contributed by atoms with Crippen LogP contribution in [0.15, 0.2) is 36.4 Å². The summed E-state index contributed by atoms with van der Waals surface area (Å²) in [4.78, 5) is 11.3. The van der Waals surface area contributed by atoms with Gasteiger partial charge in [-0.3, -0.25) is 4.79 Å². The van der Waals surface area contributed by atoms with E-state index < -0.39 is 36.4 Å². The van der Waals surface area contributed by atoms with Gasteiger partial charge in [0.15, 0.2) is 0 Å². The van der Waals surface area contributed by atoms with Crippen molar-refractivity contribution in [2.24, 2.45) is 0 Å². The topological polar surface area (TPSA) is 99.0 Å². The van der Waals surface area contributed by atoms with Gasteiger partial charge in [0.2, 0.25) is 5.91 Å². The molecule has 24 heavy (non-hydrogen) atoms. The van der Waals surface area contributed by atoms with Crippen molar-refractivity contribution in [3.05, 3.63) is 42.0 Å². The number of carbonyl (C=O) groups is 1. The van der Waals surface area contributed by atoms with E-state index in [0.717, 1.165) is 5.56 Å². The van der Waals surface area contributed by atoms with Gasteiger partial charge in [-0.05, 0) is 5.56 Å². The summed E-state index contributed by atoms with van der Waals surface area (Å²) in [6.45, 7) is 0.941. The molecule has 5 atom stereocenters. The molecule has 0 unspecified atom stereocenters. The molecule has 1 aromatic carbocycles. The average molecular weight is 353 g/mol. The van der Waals surface area contributed by atoms with Crippen molar-refractivity contribution in [1.29, 1.82) is 0 Å². The molecule has 6 nitrogen and oxygen atoms in total. The predicted molar refractivity (Wildman–Crippen MR) is 93.3 cm³/mol. The number of aliphatic hydroxyl groups excluding tert-OH is 3. The molecular weight excluding hydrogens is 330 g/mol. The molecule has 0 bridgehead atoms. The van der Waals surface area contributed by atoms with Crippen LogP contribution in [0.5, 0.6) is 0 Å². The first-order valence-electron chi connectivity index (χ1n) is 7.75. The number of nitrogens with one attached hydrogen (secondary N) is 1. The van der Waals surface area contributed by atoms with Gasteiger partial charge in [-0.25, -0.2) is 0 Å². The first-order chi connectivity index (χ1) is 11.5. The van der Waals surface area contributed by atoms with Gasteiger partial charge in [0.05, 0.1) is 12.6 Å². The van der Waals surface area contributed by atoms with Crippen LogP contribution in [0, 0.1) is 0 Å². The van der Waals surface area contributed by atoms with Gasteiger partial charge in [-0.2, -0.15) is 0 Å². The third-order valence-electron chi connectivity index (χ3n) is 3.72. The summed E-state index contributed by atoms with van der Waals surface area (Å²) in [6, 6.07) is 9.08. The summed E-state index contributed by atoms with van der Waals surface area (Å²) in [5, 5.41) is 32.0. The van der Waals surface area contributed by atoms with Crippen molar-refractivity contribution in [3.8, 4) is 0 Å². The van der Waals surface area contributed by atoms with Gasteiger partial charge in [-0.1, -0.05) is 42.5 Å². The third-order valence-corrected chi connectivity index (χ3v) is 4.84. The maximum absolute atomic E-state index is 11.3. The maximum atomic E-state index is 11.3. The van der Waals surface area contributed by atoms with Crippen molar-refractivity contribution in [1.82, 2.24) is 5.32 Å². The second-order valence-electron chi connectivity index (χ2n) is 5.58. The number of rotatable bonds is 6. The molecule has 2 rings (SSSR count). The van der Waals surface area contributed by atoms with Gasteiger partial charge >= 0.3 is 0 Å². The maximum Gasteiger partial charge on any atom is 0.217 e. The van der Waals surface area contributed by atoms with Crippen LogP contribution in [-0.4, -0.2) is 63.4 Å². The number of aliphatic hydroxyl groups is 3. The zero-order chi connectivity index (χ0) is 17.5. The van der Waals surface area contributed by atoms with Crippen molar-refractivity contribution in [3.63, 3.8) is 0 Å². The van der Waals surface area contributed by atoms with Crippen LogP contribution >= 0.6 is 11.8 Å². The summed E-state index contributed by atoms with van der Waals surface area (Å²) in [5.74, 6) is 0.277. The van der Waals surface area contributed by atoms with Gasteiger partial charge < -0.3 is 25.4 Å². The lowest BCUT2D eigenvalue weighted by molar-refractivity contribution is -0.173. The van der Waals surface area contributed by atoms with Crippen LogP contribution in [0.1, 0.15) is 12.5 Å². The van der Waals surface area contributed by atoms with Crippen LogP contribution < -0.4 is 5.32 Å². The first kappa shape index (κ1) is 19.0. The van der Waals surface area contributed by atoms with Crippen LogP contribution in [0.25, 0.3) is 6.08 Å². The smallest absolute Gasteiger partial charge is 0.217 e. The molecule has 4 N–H and O–H groups in total. The molecular formula is C17H23NO5S. The lowest BCUT2D eigenvalue weighted by Gasteiger charge is -2.42. The Hall–Kier alpha value is -1.38. The number of benzene rings is 1. The quantitative estimate of drug-likeness (QED) is 0.590. The normalized spacial score (nSPS) is 30.4. The number of hydrogen-bond donors (Lipinski definition) is 4. The summed E-state index contributed by atoms with van der Waals surface area (Å²) < 4.78 is 5.64. The minimum Gasteiger partial charge on any atom is -0.394 e. The number of hydrogen-bond acceptors (Lipinski definition) is 6. The van der Waals surface area contributed by atoms with Crippen molar-refractivity contribution in [2.45, 2.75) is 36.7 Å². The fourth-order valence-electron chi connectivity index (χ4n) is 2.51. The lowest BCUT2D eigenvalue weighted by atomic mass is 9.98. The van der Waals surface area contributed by atoms with E-state index in [-0.39, 0.29) is 5.91 Å². The zero-order valence-electron chi connectivity index (χ0n) is 13.4. The molecule has 0 aliphatic carbocycles. The monoisotopic (exact) mass is 353 g/mol. The van der Waals surface area contributed by atoms with Crippen molar-refractivity contribution >= 4 is 23.7 Å². The van der Waals surface area contributed by atoms with E-state index in [0.29, 0.717) is 5.75 Å². The number of amides is 1. The molecule has 1 aliphatic rings. The minimum absolute atomic E-state index is 0.317. The van der Waals surface area contributed by atoms with Crippen molar-refractivity contribution in [2.75, 3.05) is 12.4 Å². The van der Waals surface area contributed by atoms with E-state index >= 15 is 0 Å². The molecule has 0 spiro atoms. The van der Waals surface area contributed by atoms with Crippen molar-refractivity contribution < 1.29 is 24.9 Å². The second kappa shape index (κ2) is 9.19. The largest absolute Gasteiger partial charge is 0.394 e. The fraction of sp³-hybridized carbons (Fsp3) is 0.471. The summed E-state index contributed by atoms with van der Waals surface area (Å²) in [5.41, 5.74) is 0.509. The Kier molecular flexibility index (Phi) is 7.26. The van der Waals surface area contributed by atoms with E-state index in [4.69, 9.17) is 4.74 Å². The molecule has 132 valence electrons. The average Bonchev–Trinajstić information content (AvgIpc) is 2.58. The summed E-state index contributed by atoms with van der Waals surface area (Å²) in [7, 11) is 0. The highest BCUT2D eigenvalue weighted by atomic mass is 32.2. The summed E-state index contributed by atoms with van der Waals surface area (Å²) in [6.07, 6.45) is 0.608. The molecule has 0 saturated carbocycles. The molecule has 1 fully saturated rings. The van der Waals surface area contributed by atoms with E-state index in [2.05, 4.69) is 5.32 Å². The Morgan fingerprint density at radius 3 is 2.62 bits per heavy atom. The van der Waals surface area contributed by atoms with Gasteiger partial charge in [0.1, 0.15) is 23.7 Å². The molecule has 0 radical (unpaired) electrons. The number of thioether (sulfide) groups is 1. The Morgan fingerprint density at radius 1 is 1.29 bits per heavy atom. The van der Waals surface area contributed by atoms with E-state index in [1.54, 1.807) is 0 Å². The van der Waals surface area contributed by atoms with Gasteiger partial charge in [0.25, 0.3) is 0 Å². The van der Waals surface area contributed by atoms with Crippen LogP contribution in [0.4, 0.5) is 0 Å². The highest BCUT2D eigenvalue weighted by Crippen LogP contribution is 2.28. The van der Waals surface area contributed by atoms with Crippen LogP contribution in [0.3, 0.4) is 0 Å². The second-order valence-corrected chi connectivity index (χ2v) is 6.71. The Balaban J connectivity index is 1.98. The van der Waals surface area contributed by atoms with Gasteiger partial charge in [0, 0.05) is 12.7 Å². The molecule has 1 heterocycles. The number of carbonyl (C=O) groups excluding carboxylic acids is 1. The van der Waals surface area contributed by atoms with Crippen LogP contribution in [0.2, 0.25) is 0 Å². The molecule has 1 saturated heterocycles.